The van der Waals surface area contributed by atoms with E-state index in [1.807, 2.05) is 24.3 Å². The quantitative estimate of drug-likeness (QED) is 0.411. The minimum atomic E-state index is -1.49. The molecule has 0 fully saturated rings. The highest BCUT2D eigenvalue weighted by molar-refractivity contribution is 5.82. The summed E-state index contributed by atoms with van der Waals surface area (Å²) < 4.78 is 38.9. The highest BCUT2D eigenvalue weighted by Crippen LogP contribution is 2.12. The Morgan fingerprint density at radius 1 is 0.870 bits per heavy atom. The first-order valence-electron chi connectivity index (χ1n) is 7.40. The van der Waals surface area contributed by atoms with E-state index in [9.17, 15) is 13.2 Å². The van der Waals surface area contributed by atoms with Crippen molar-refractivity contribution in [3.05, 3.63) is 70.5 Å². The number of hydrogen-bond donors (Lipinski definition) is 0. The van der Waals surface area contributed by atoms with Crippen LogP contribution in [0.2, 0.25) is 0 Å². The van der Waals surface area contributed by atoms with Gasteiger partial charge in [0, 0.05) is 5.56 Å². The Kier molecular flexibility index (Phi) is 6.09. The zero-order chi connectivity index (χ0) is 16.7. The van der Waals surface area contributed by atoms with E-state index in [4.69, 9.17) is 0 Å². The van der Waals surface area contributed by atoms with Crippen LogP contribution in [0.15, 0.2) is 46.6 Å². The second kappa shape index (κ2) is 8.27. The molecular formula is C18H17F3N2. The minimum absolute atomic E-state index is 0.105. The van der Waals surface area contributed by atoms with Crippen LogP contribution in [0.3, 0.4) is 0 Å². The molecule has 5 heteroatoms. The number of hydrogen-bond acceptors (Lipinski definition) is 2. The Labute approximate surface area is 133 Å². The molecule has 0 heterocycles. The summed E-state index contributed by atoms with van der Waals surface area (Å²) >= 11 is 0. The van der Waals surface area contributed by atoms with E-state index < -0.39 is 17.5 Å². The first-order chi connectivity index (χ1) is 11.1. The van der Waals surface area contributed by atoms with Gasteiger partial charge >= 0.3 is 0 Å². The molecule has 2 aromatic rings. The topological polar surface area (TPSA) is 24.7 Å². The molecule has 0 spiro atoms. The summed E-state index contributed by atoms with van der Waals surface area (Å²) in [7, 11) is 0. The molecule has 0 N–H and O–H groups in total. The summed E-state index contributed by atoms with van der Waals surface area (Å²) in [6, 6.07) is 9.65. The van der Waals surface area contributed by atoms with Gasteiger partial charge in [0.15, 0.2) is 17.5 Å². The third-order valence-electron chi connectivity index (χ3n) is 3.29. The molecule has 0 radical (unpaired) electrons. The van der Waals surface area contributed by atoms with Crippen LogP contribution >= 0.6 is 0 Å². The second-order valence-electron chi connectivity index (χ2n) is 5.13. The van der Waals surface area contributed by atoms with Gasteiger partial charge in [0.25, 0.3) is 0 Å². The molecule has 2 rings (SSSR count). The van der Waals surface area contributed by atoms with Crippen molar-refractivity contribution in [2.45, 2.75) is 26.2 Å². The SMILES string of the molecule is CCCCc1ccc(/C=N/N=C/c2cc(F)c(F)c(F)c2)cc1. The normalized spacial score (nSPS) is 11.7. The van der Waals surface area contributed by atoms with Crippen LogP contribution in [-0.4, -0.2) is 12.4 Å². The zero-order valence-electron chi connectivity index (χ0n) is 12.8. The average Bonchev–Trinajstić information content (AvgIpc) is 2.55. The number of benzene rings is 2. The van der Waals surface area contributed by atoms with Crippen molar-refractivity contribution in [2.24, 2.45) is 10.2 Å². The maximum absolute atomic E-state index is 13.0. The molecule has 2 nitrogen and oxygen atoms in total. The van der Waals surface area contributed by atoms with E-state index >= 15 is 0 Å². The summed E-state index contributed by atoms with van der Waals surface area (Å²) in [6.45, 7) is 2.15. The van der Waals surface area contributed by atoms with Crippen LogP contribution in [0.1, 0.15) is 36.5 Å². The van der Waals surface area contributed by atoms with Crippen LogP contribution < -0.4 is 0 Å². The molecular weight excluding hydrogens is 301 g/mol. The summed E-state index contributed by atoms with van der Waals surface area (Å²) in [5.74, 6) is -4.00. The lowest BCUT2D eigenvalue weighted by Crippen LogP contribution is -1.93. The van der Waals surface area contributed by atoms with Crippen molar-refractivity contribution in [3.8, 4) is 0 Å². The van der Waals surface area contributed by atoms with Gasteiger partial charge in [0.05, 0.1) is 12.4 Å². The fraction of sp³-hybridized carbons (Fsp3) is 0.222. The van der Waals surface area contributed by atoms with Crippen molar-refractivity contribution in [1.29, 1.82) is 0 Å². The van der Waals surface area contributed by atoms with Crippen LogP contribution in [0.5, 0.6) is 0 Å². The van der Waals surface area contributed by atoms with Crippen LogP contribution in [0.4, 0.5) is 13.2 Å². The van der Waals surface area contributed by atoms with Gasteiger partial charge in [-0.3, -0.25) is 0 Å². The number of halogens is 3. The lowest BCUT2D eigenvalue weighted by atomic mass is 10.1. The van der Waals surface area contributed by atoms with Gasteiger partial charge in [-0.05, 0) is 36.1 Å². The molecule has 120 valence electrons. The standard InChI is InChI=1S/C18H17F3N2/c1-2-3-4-13-5-7-14(8-6-13)11-22-23-12-15-9-16(19)18(21)17(20)10-15/h5-12H,2-4H2,1H3/b22-11+,23-12+. The fourth-order valence-electron chi connectivity index (χ4n) is 2.00. The van der Waals surface area contributed by atoms with Crippen LogP contribution in [0.25, 0.3) is 0 Å². The largest absolute Gasteiger partial charge is 0.204 e. The maximum Gasteiger partial charge on any atom is 0.194 e. The molecule has 23 heavy (non-hydrogen) atoms. The minimum Gasteiger partial charge on any atom is -0.204 e. The lowest BCUT2D eigenvalue weighted by molar-refractivity contribution is 0.447. The third kappa shape index (κ3) is 5.06. The monoisotopic (exact) mass is 318 g/mol. The van der Waals surface area contributed by atoms with Crippen molar-refractivity contribution in [3.63, 3.8) is 0 Å². The predicted octanol–water partition coefficient (Wildman–Crippen LogP) is 4.90. The molecule has 0 aliphatic heterocycles. The fourth-order valence-corrected chi connectivity index (χ4v) is 2.00. The smallest absolute Gasteiger partial charge is 0.194 e. The van der Waals surface area contributed by atoms with Gasteiger partial charge < -0.3 is 0 Å². The van der Waals surface area contributed by atoms with Crippen molar-refractivity contribution in [2.75, 3.05) is 0 Å². The molecule has 0 aliphatic carbocycles. The molecule has 0 aliphatic rings. The van der Waals surface area contributed by atoms with Gasteiger partial charge in [-0.15, -0.1) is 0 Å². The van der Waals surface area contributed by atoms with E-state index in [-0.39, 0.29) is 5.56 Å². The number of nitrogens with zero attached hydrogens (tertiary/aromatic N) is 2. The molecule has 0 bridgehead atoms. The molecule has 0 unspecified atom stereocenters. The predicted molar refractivity (Wildman–Crippen MR) is 86.6 cm³/mol. The molecule has 0 aromatic heterocycles. The van der Waals surface area contributed by atoms with Crippen molar-refractivity contribution in [1.82, 2.24) is 0 Å². The maximum atomic E-state index is 13.0. The Morgan fingerprint density at radius 3 is 2.00 bits per heavy atom. The van der Waals surface area contributed by atoms with Gasteiger partial charge in [0.1, 0.15) is 0 Å². The molecule has 0 saturated heterocycles. The number of unbranched alkanes of at least 4 members (excludes halogenated alkanes) is 1. The Bertz CT molecular complexity index is 684. The van der Waals surface area contributed by atoms with E-state index in [2.05, 4.69) is 17.1 Å². The van der Waals surface area contributed by atoms with Gasteiger partial charge in [-0.2, -0.15) is 10.2 Å². The van der Waals surface area contributed by atoms with Crippen LogP contribution in [-0.2, 0) is 6.42 Å². The molecule has 0 saturated carbocycles. The Hall–Kier alpha value is -2.43. The van der Waals surface area contributed by atoms with Gasteiger partial charge in [-0.25, -0.2) is 13.2 Å². The Morgan fingerprint density at radius 2 is 1.43 bits per heavy atom. The highest BCUT2D eigenvalue weighted by Gasteiger charge is 2.09. The Balaban J connectivity index is 1.98. The zero-order valence-corrected chi connectivity index (χ0v) is 12.8. The molecule has 0 atom stereocenters. The van der Waals surface area contributed by atoms with E-state index in [1.54, 1.807) is 0 Å². The van der Waals surface area contributed by atoms with Gasteiger partial charge in [0.2, 0.25) is 0 Å². The number of rotatable bonds is 6. The van der Waals surface area contributed by atoms with E-state index in [0.29, 0.717) is 0 Å². The average molecular weight is 318 g/mol. The molecule has 2 aromatic carbocycles. The highest BCUT2D eigenvalue weighted by atomic mass is 19.2. The second-order valence-corrected chi connectivity index (χ2v) is 5.13. The summed E-state index contributed by atoms with van der Waals surface area (Å²) in [6.07, 6.45) is 6.06. The summed E-state index contributed by atoms with van der Waals surface area (Å²) in [5, 5.41) is 7.53. The third-order valence-corrected chi connectivity index (χ3v) is 3.29. The summed E-state index contributed by atoms with van der Waals surface area (Å²) in [4.78, 5) is 0. The van der Waals surface area contributed by atoms with Crippen molar-refractivity contribution >= 4 is 12.4 Å². The van der Waals surface area contributed by atoms with Crippen molar-refractivity contribution < 1.29 is 13.2 Å². The van der Waals surface area contributed by atoms with Gasteiger partial charge in [-0.1, -0.05) is 37.6 Å². The van der Waals surface area contributed by atoms with E-state index in [0.717, 1.165) is 43.2 Å². The summed E-state index contributed by atoms with van der Waals surface area (Å²) in [5.41, 5.74) is 2.25. The van der Waals surface area contributed by atoms with Crippen LogP contribution in [0, 0.1) is 17.5 Å². The molecule has 0 amide bonds. The lowest BCUT2D eigenvalue weighted by Gasteiger charge is -1.99. The first-order valence-corrected chi connectivity index (χ1v) is 7.40. The number of aryl methyl sites for hydroxylation is 1. The first kappa shape index (κ1) is 16.9. The van der Waals surface area contributed by atoms with E-state index in [1.165, 1.54) is 11.8 Å².